The smallest absolute Gasteiger partial charge is 0.310 e. The number of nitrogens with zero attached hydrogens (tertiary/aromatic N) is 2. The van der Waals surface area contributed by atoms with Gasteiger partial charge in [0.2, 0.25) is 5.91 Å². The number of nitro groups is 1. The maximum Gasteiger partial charge on any atom is 0.310 e. The van der Waals surface area contributed by atoms with E-state index in [9.17, 15) is 19.7 Å². The molecule has 1 N–H and O–H groups in total. The molecule has 0 spiro atoms. The van der Waals surface area contributed by atoms with Gasteiger partial charge < -0.3 is 15.0 Å². The molecule has 8 nitrogen and oxygen atoms in total. The van der Waals surface area contributed by atoms with Crippen LogP contribution in [0, 0.1) is 16.0 Å². The highest BCUT2D eigenvalue weighted by Crippen LogP contribution is 2.23. The highest BCUT2D eigenvalue weighted by Gasteiger charge is 2.22. The summed E-state index contributed by atoms with van der Waals surface area (Å²) in [5, 5.41) is 13.9. The van der Waals surface area contributed by atoms with Crippen LogP contribution < -0.4 is 5.32 Å². The molecule has 8 heteroatoms. The number of rotatable bonds is 9. The number of esters is 1. The summed E-state index contributed by atoms with van der Waals surface area (Å²) in [7, 11) is 1.30. The highest BCUT2D eigenvalue weighted by molar-refractivity contribution is 5.82. The van der Waals surface area contributed by atoms with Gasteiger partial charge in [-0.05, 0) is 11.6 Å². The first kappa shape index (κ1) is 20.9. The number of anilines is 1. The lowest BCUT2D eigenvalue weighted by Gasteiger charge is -2.25. The van der Waals surface area contributed by atoms with Gasteiger partial charge in [-0.25, -0.2) is 0 Å². The second-order valence-electron chi connectivity index (χ2n) is 6.31. The van der Waals surface area contributed by atoms with Crippen LogP contribution in [0.5, 0.6) is 0 Å². The Morgan fingerprint density at radius 3 is 2.43 bits per heavy atom. The Morgan fingerprint density at radius 2 is 1.79 bits per heavy atom. The summed E-state index contributed by atoms with van der Waals surface area (Å²) in [5.74, 6) is -1.18. The van der Waals surface area contributed by atoms with Crippen molar-refractivity contribution in [2.75, 3.05) is 25.5 Å². The van der Waals surface area contributed by atoms with E-state index in [0.29, 0.717) is 6.54 Å². The molecule has 0 bridgehead atoms. The summed E-state index contributed by atoms with van der Waals surface area (Å²) in [6.45, 7) is 2.05. The minimum absolute atomic E-state index is 0.104. The topological polar surface area (TPSA) is 102 Å². The Hall–Kier alpha value is -3.42. The number of carbonyl (C=O) groups is 2. The number of nitrogens with one attached hydrogen (secondary N) is 1. The van der Waals surface area contributed by atoms with E-state index >= 15 is 0 Å². The molecule has 148 valence electrons. The molecular weight excluding hydrogens is 362 g/mol. The monoisotopic (exact) mass is 385 g/mol. The van der Waals surface area contributed by atoms with Crippen LogP contribution in [-0.2, 0) is 20.9 Å². The first-order valence-electron chi connectivity index (χ1n) is 8.79. The molecule has 0 aromatic heterocycles. The summed E-state index contributed by atoms with van der Waals surface area (Å²) in [5.41, 5.74) is 1.08. The Labute approximate surface area is 163 Å². The van der Waals surface area contributed by atoms with E-state index in [4.69, 9.17) is 4.74 Å². The normalized spacial score (nSPS) is 11.4. The molecule has 0 heterocycles. The molecule has 1 atom stereocenters. The molecule has 2 aromatic carbocycles. The second kappa shape index (κ2) is 10.1. The molecule has 2 rings (SSSR count). The zero-order chi connectivity index (χ0) is 20.5. The van der Waals surface area contributed by atoms with E-state index in [1.807, 2.05) is 30.3 Å². The van der Waals surface area contributed by atoms with Gasteiger partial charge in [-0.2, -0.15) is 0 Å². The third-order valence-electron chi connectivity index (χ3n) is 4.20. The number of amides is 1. The predicted octanol–water partition coefficient (Wildman–Crippen LogP) is 2.84. The zero-order valence-electron chi connectivity index (χ0n) is 15.8. The molecule has 0 aliphatic rings. The van der Waals surface area contributed by atoms with Gasteiger partial charge >= 0.3 is 5.97 Å². The fourth-order valence-corrected chi connectivity index (χ4v) is 2.73. The van der Waals surface area contributed by atoms with Crippen molar-refractivity contribution in [1.82, 2.24) is 4.90 Å². The van der Waals surface area contributed by atoms with Gasteiger partial charge in [0.15, 0.2) is 0 Å². The quantitative estimate of drug-likeness (QED) is 0.405. The fraction of sp³-hybridized carbons (Fsp3) is 0.300. The molecule has 1 unspecified atom stereocenters. The van der Waals surface area contributed by atoms with Crippen LogP contribution in [0.2, 0.25) is 0 Å². The number of ether oxygens (including phenoxy) is 1. The van der Waals surface area contributed by atoms with Crippen LogP contribution in [0.4, 0.5) is 11.4 Å². The molecule has 0 radical (unpaired) electrons. The maximum atomic E-state index is 12.8. The SMILES string of the molecule is COC(=O)C(C)CN(Cc1ccccc1)C(=O)CNc1ccccc1[N+](=O)[O-]. The Kier molecular flexibility index (Phi) is 7.50. The van der Waals surface area contributed by atoms with E-state index < -0.39 is 16.8 Å². The van der Waals surface area contributed by atoms with Gasteiger partial charge in [-0.1, -0.05) is 49.4 Å². The fourth-order valence-electron chi connectivity index (χ4n) is 2.73. The van der Waals surface area contributed by atoms with Crippen molar-refractivity contribution in [3.63, 3.8) is 0 Å². The number of nitro benzene ring substituents is 1. The van der Waals surface area contributed by atoms with Crippen LogP contribution in [0.1, 0.15) is 12.5 Å². The summed E-state index contributed by atoms with van der Waals surface area (Å²) < 4.78 is 4.75. The summed E-state index contributed by atoms with van der Waals surface area (Å²) in [4.78, 5) is 36.7. The number of carbonyl (C=O) groups excluding carboxylic acids is 2. The van der Waals surface area contributed by atoms with E-state index in [-0.39, 0.29) is 30.4 Å². The molecular formula is C20H23N3O5. The molecule has 0 aliphatic heterocycles. The molecule has 1 amide bonds. The Balaban J connectivity index is 2.12. The van der Waals surface area contributed by atoms with E-state index in [2.05, 4.69) is 5.32 Å². The second-order valence-corrected chi connectivity index (χ2v) is 6.31. The number of para-hydroxylation sites is 2. The highest BCUT2D eigenvalue weighted by atomic mass is 16.6. The molecule has 0 fully saturated rings. The van der Waals surface area contributed by atoms with Crippen LogP contribution in [0.25, 0.3) is 0 Å². The lowest BCUT2D eigenvalue weighted by Crippen LogP contribution is -2.39. The zero-order valence-corrected chi connectivity index (χ0v) is 15.8. The van der Waals surface area contributed by atoms with E-state index in [1.54, 1.807) is 30.0 Å². The average molecular weight is 385 g/mol. The van der Waals surface area contributed by atoms with Crippen molar-refractivity contribution in [3.8, 4) is 0 Å². The first-order chi connectivity index (χ1) is 13.4. The molecule has 0 aliphatic carbocycles. The summed E-state index contributed by atoms with van der Waals surface area (Å²) in [6.07, 6.45) is 0. The molecule has 2 aromatic rings. The predicted molar refractivity (Wildman–Crippen MR) is 105 cm³/mol. The van der Waals surface area contributed by atoms with Crippen LogP contribution in [0.15, 0.2) is 54.6 Å². The minimum atomic E-state index is -0.506. The third-order valence-corrected chi connectivity index (χ3v) is 4.20. The van der Waals surface area contributed by atoms with Crippen LogP contribution >= 0.6 is 0 Å². The minimum Gasteiger partial charge on any atom is -0.469 e. The van der Waals surface area contributed by atoms with E-state index in [0.717, 1.165) is 5.56 Å². The van der Waals surface area contributed by atoms with Crippen molar-refractivity contribution < 1.29 is 19.2 Å². The number of benzene rings is 2. The molecule has 28 heavy (non-hydrogen) atoms. The first-order valence-corrected chi connectivity index (χ1v) is 8.79. The number of methoxy groups -OCH3 is 1. The largest absolute Gasteiger partial charge is 0.469 e. The summed E-state index contributed by atoms with van der Waals surface area (Å²) >= 11 is 0. The Morgan fingerprint density at radius 1 is 1.14 bits per heavy atom. The van der Waals surface area contributed by atoms with Gasteiger partial charge in [-0.3, -0.25) is 19.7 Å². The van der Waals surface area contributed by atoms with Crippen molar-refractivity contribution >= 4 is 23.3 Å². The van der Waals surface area contributed by atoms with Crippen molar-refractivity contribution in [3.05, 3.63) is 70.3 Å². The Bertz CT molecular complexity index is 826. The van der Waals surface area contributed by atoms with Gasteiger partial charge in [0.05, 0.1) is 24.5 Å². The van der Waals surface area contributed by atoms with Crippen LogP contribution in [0.3, 0.4) is 0 Å². The lowest BCUT2D eigenvalue weighted by atomic mass is 10.1. The van der Waals surface area contributed by atoms with Gasteiger partial charge in [0, 0.05) is 19.2 Å². The van der Waals surface area contributed by atoms with E-state index in [1.165, 1.54) is 13.2 Å². The third kappa shape index (κ3) is 5.80. The standard InChI is InChI=1S/C20H23N3O5/c1-15(20(25)28-2)13-22(14-16-8-4-3-5-9-16)19(24)12-21-17-10-6-7-11-18(17)23(26)27/h3-11,15,21H,12-14H2,1-2H3. The lowest BCUT2D eigenvalue weighted by molar-refractivity contribution is -0.383. The average Bonchev–Trinajstić information content (AvgIpc) is 2.71. The number of hydrogen-bond acceptors (Lipinski definition) is 6. The van der Waals surface area contributed by atoms with Crippen molar-refractivity contribution in [2.45, 2.75) is 13.5 Å². The summed E-state index contributed by atoms with van der Waals surface area (Å²) in [6, 6.07) is 15.5. The van der Waals surface area contributed by atoms with Crippen LogP contribution in [-0.4, -0.2) is 41.9 Å². The number of hydrogen-bond donors (Lipinski definition) is 1. The van der Waals surface area contributed by atoms with Crippen molar-refractivity contribution in [1.29, 1.82) is 0 Å². The van der Waals surface area contributed by atoms with Crippen molar-refractivity contribution in [2.24, 2.45) is 5.92 Å². The van der Waals surface area contributed by atoms with Gasteiger partial charge in [0.1, 0.15) is 5.69 Å². The van der Waals surface area contributed by atoms with Gasteiger partial charge in [-0.15, -0.1) is 0 Å². The van der Waals surface area contributed by atoms with Gasteiger partial charge in [0.25, 0.3) is 5.69 Å². The maximum absolute atomic E-state index is 12.8. The molecule has 0 saturated heterocycles. The molecule has 0 saturated carbocycles.